The van der Waals surface area contributed by atoms with Crippen molar-refractivity contribution in [2.45, 2.75) is 40.7 Å². The third kappa shape index (κ3) is 2.74. The van der Waals surface area contributed by atoms with Gasteiger partial charge in [0.25, 0.3) is 5.91 Å². The number of carbonyl (C=O) groups is 1. The average molecular weight is 272 g/mol. The van der Waals surface area contributed by atoms with Gasteiger partial charge in [0.15, 0.2) is 6.10 Å². The van der Waals surface area contributed by atoms with Crippen LogP contribution in [0.1, 0.15) is 34.2 Å². The van der Waals surface area contributed by atoms with E-state index < -0.39 is 6.10 Å². The van der Waals surface area contributed by atoms with E-state index in [9.17, 15) is 4.79 Å². The van der Waals surface area contributed by atoms with Crippen LogP contribution in [-0.4, -0.2) is 21.8 Å². The zero-order chi connectivity index (χ0) is 14.9. The Balaban J connectivity index is 2.22. The molecule has 4 nitrogen and oxygen atoms in total. The number of benzene rings is 1. The molecule has 1 aromatic carbocycles. The van der Waals surface area contributed by atoms with E-state index >= 15 is 0 Å². The minimum absolute atomic E-state index is 0.154. The first-order valence-electron chi connectivity index (χ1n) is 6.70. The van der Waals surface area contributed by atoms with Crippen molar-refractivity contribution in [1.29, 1.82) is 0 Å². The van der Waals surface area contributed by atoms with Crippen molar-refractivity contribution in [1.82, 2.24) is 9.78 Å². The molecule has 1 unspecified atom stereocenters. The van der Waals surface area contributed by atoms with Crippen LogP contribution in [0.4, 0.5) is 0 Å². The lowest BCUT2D eigenvalue weighted by atomic mass is 10.1. The summed E-state index contributed by atoms with van der Waals surface area (Å²) in [5.41, 5.74) is 3.70. The van der Waals surface area contributed by atoms with Gasteiger partial charge in [-0.1, -0.05) is 18.2 Å². The minimum Gasteiger partial charge on any atom is -0.480 e. The quantitative estimate of drug-likeness (QED) is 0.861. The van der Waals surface area contributed by atoms with Crippen molar-refractivity contribution in [2.24, 2.45) is 0 Å². The Morgan fingerprint density at radius 3 is 2.30 bits per heavy atom. The number of ether oxygens (including phenoxy) is 1. The predicted octanol–water partition coefficient (Wildman–Crippen LogP) is 3.22. The summed E-state index contributed by atoms with van der Waals surface area (Å²) in [7, 11) is 0. The van der Waals surface area contributed by atoms with E-state index in [1.807, 2.05) is 52.0 Å². The molecular formula is C16H20N2O2. The third-order valence-electron chi connectivity index (χ3n) is 3.27. The monoisotopic (exact) mass is 272 g/mol. The molecule has 2 rings (SSSR count). The van der Waals surface area contributed by atoms with Gasteiger partial charge in [-0.15, -0.1) is 0 Å². The molecule has 1 heterocycles. The van der Waals surface area contributed by atoms with E-state index in [4.69, 9.17) is 4.74 Å². The molecule has 0 N–H and O–H groups in total. The van der Waals surface area contributed by atoms with Crippen LogP contribution in [0.25, 0.3) is 0 Å². The molecule has 0 saturated heterocycles. The normalized spacial score (nSPS) is 12.2. The standard InChI is InChI=1S/C16H20N2O2/c1-10-7-6-8-11(2)15(10)20-14(5)16(19)18-13(4)9-12(3)17-18/h6-9,14H,1-5H3. The van der Waals surface area contributed by atoms with E-state index in [0.29, 0.717) is 0 Å². The van der Waals surface area contributed by atoms with Crippen molar-refractivity contribution in [3.05, 3.63) is 46.8 Å². The van der Waals surface area contributed by atoms with Crippen LogP contribution in [0, 0.1) is 27.7 Å². The summed E-state index contributed by atoms with van der Waals surface area (Å²) in [6, 6.07) is 7.81. The highest BCUT2D eigenvalue weighted by atomic mass is 16.5. The lowest BCUT2D eigenvalue weighted by Gasteiger charge is -2.17. The SMILES string of the molecule is Cc1cc(C)n(C(=O)C(C)Oc2c(C)cccc2C)n1. The highest BCUT2D eigenvalue weighted by Crippen LogP contribution is 2.23. The van der Waals surface area contributed by atoms with Crippen LogP contribution < -0.4 is 4.74 Å². The smallest absolute Gasteiger partial charge is 0.287 e. The summed E-state index contributed by atoms with van der Waals surface area (Å²) in [6.45, 7) is 9.44. The van der Waals surface area contributed by atoms with E-state index in [-0.39, 0.29) is 5.91 Å². The van der Waals surface area contributed by atoms with E-state index in [2.05, 4.69) is 5.10 Å². The maximum Gasteiger partial charge on any atom is 0.287 e. The number of hydrogen-bond acceptors (Lipinski definition) is 3. The van der Waals surface area contributed by atoms with Crippen LogP contribution in [0.2, 0.25) is 0 Å². The molecule has 0 saturated carbocycles. The van der Waals surface area contributed by atoms with E-state index in [1.165, 1.54) is 4.68 Å². The molecule has 1 aromatic heterocycles. The Labute approximate surface area is 119 Å². The number of rotatable bonds is 3. The van der Waals surface area contributed by atoms with Crippen LogP contribution in [-0.2, 0) is 0 Å². The second-order valence-corrected chi connectivity index (χ2v) is 5.16. The van der Waals surface area contributed by atoms with Gasteiger partial charge in [0, 0.05) is 5.69 Å². The van der Waals surface area contributed by atoms with Crippen LogP contribution >= 0.6 is 0 Å². The zero-order valence-electron chi connectivity index (χ0n) is 12.6. The minimum atomic E-state index is -0.576. The van der Waals surface area contributed by atoms with Gasteiger partial charge in [0.2, 0.25) is 0 Å². The number of aryl methyl sites for hydroxylation is 4. The molecule has 0 amide bonds. The topological polar surface area (TPSA) is 44.1 Å². The Hall–Kier alpha value is -2.10. The van der Waals surface area contributed by atoms with Gasteiger partial charge >= 0.3 is 0 Å². The van der Waals surface area contributed by atoms with Crippen LogP contribution in [0.15, 0.2) is 24.3 Å². The number of carbonyl (C=O) groups excluding carboxylic acids is 1. The first-order chi connectivity index (χ1) is 9.40. The van der Waals surface area contributed by atoms with Crippen molar-refractivity contribution < 1.29 is 9.53 Å². The van der Waals surface area contributed by atoms with Crippen LogP contribution in [0.3, 0.4) is 0 Å². The molecule has 0 fully saturated rings. The molecule has 20 heavy (non-hydrogen) atoms. The third-order valence-corrected chi connectivity index (χ3v) is 3.27. The molecular weight excluding hydrogens is 252 g/mol. The summed E-state index contributed by atoms with van der Waals surface area (Å²) in [4.78, 5) is 12.4. The van der Waals surface area contributed by atoms with Gasteiger partial charge in [-0.2, -0.15) is 5.10 Å². The lowest BCUT2D eigenvalue weighted by molar-refractivity contribution is 0.0705. The molecule has 0 spiro atoms. The Bertz CT molecular complexity index is 624. The number of aromatic nitrogens is 2. The first-order valence-corrected chi connectivity index (χ1v) is 6.70. The summed E-state index contributed by atoms with van der Waals surface area (Å²) in [6.07, 6.45) is -0.576. The van der Waals surface area contributed by atoms with Gasteiger partial charge in [0.1, 0.15) is 5.75 Å². The molecule has 0 bridgehead atoms. The van der Waals surface area contributed by atoms with Crippen molar-refractivity contribution in [2.75, 3.05) is 0 Å². The second-order valence-electron chi connectivity index (χ2n) is 5.16. The van der Waals surface area contributed by atoms with Gasteiger partial charge in [0.05, 0.1) is 5.69 Å². The highest BCUT2D eigenvalue weighted by molar-refractivity contribution is 5.83. The molecule has 0 aliphatic rings. The molecule has 1 atom stereocenters. The second kappa shape index (κ2) is 5.49. The Morgan fingerprint density at radius 1 is 1.20 bits per heavy atom. The number of hydrogen-bond donors (Lipinski definition) is 0. The summed E-state index contributed by atoms with van der Waals surface area (Å²) >= 11 is 0. The zero-order valence-corrected chi connectivity index (χ0v) is 12.6. The molecule has 0 aliphatic carbocycles. The van der Waals surface area contributed by atoms with Gasteiger partial charge in [-0.3, -0.25) is 4.79 Å². The lowest BCUT2D eigenvalue weighted by Crippen LogP contribution is -2.31. The molecule has 4 heteroatoms. The Kier molecular flexibility index (Phi) is 3.93. The number of para-hydroxylation sites is 1. The predicted molar refractivity (Wildman–Crippen MR) is 78.3 cm³/mol. The maximum absolute atomic E-state index is 12.4. The summed E-state index contributed by atoms with van der Waals surface area (Å²) < 4.78 is 7.26. The van der Waals surface area contributed by atoms with Crippen molar-refractivity contribution in [3.8, 4) is 5.75 Å². The molecule has 106 valence electrons. The molecule has 0 radical (unpaired) electrons. The van der Waals surface area contributed by atoms with Gasteiger partial charge < -0.3 is 4.74 Å². The van der Waals surface area contributed by atoms with E-state index in [0.717, 1.165) is 28.3 Å². The van der Waals surface area contributed by atoms with Crippen molar-refractivity contribution in [3.63, 3.8) is 0 Å². The molecule has 0 aliphatic heterocycles. The van der Waals surface area contributed by atoms with Crippen molar-refractivity contribution >= 4 is 5.91 Å². The largest absolute Gasteiger partial charge is 0.480 e. The molecule has 2 aromatic rings. The highest BCUT2D eigenvalue weighted by Gasteiger charge is 2.20. The fourth-order valence-corrected chi connectivity index (χ4v) is 2.24. The van der Waals surface area contributed by atoms with Crippen LogP contribution in [0.5, 0.6) is 5.75 Å². The summed E-state index contributed by atoms with van der Waals surface area (Å²) in [5, 5.41) is 4.20. The fourth-order valence-electron chi connectivity index (χ4n) is 2.24. The first kappa shape index (κ1) is 14.3. The Morgan fingerprint density at radius 2 is 1.80 bits per heavy atom. The fraction of sp³-hybridized carbons (Fsp3) is 0.375. The van der Waals surface area contributed by atoms with E-state index in [1.54, 1.807) is 6.92 Å². The maximum atomic E-state index is 12.4. The summed E-state index contributed by atoms with van der Waals surface area (Å²) in [5.74, 6) is 0.619. The average Bonchev–Trinajstić information content (AvgIpc) is 2.72. The van der Waals surface area contributed by atoms with Gasteiger partial charge in [-0.05, 0) is 51.8 Å². The van der Waals surface area contributed by atoms with Gasteiger partial charge in [-0.25, -0.2) is 4.68 Å². The number of nitrogens with zero attached hydrogens (tertiary/aromatic N) is 2.